The summed E-state index contributed by atoms with van der Waals surface area (Å²) in [6, 6.07) is 2.83. The molecule has 35 heavy (non-hydrogen) atoms. The van der Waals surface area contributed by atoms with Crippen molar-refractivity contribution in [1.82, 2.24) is 29.2 Å². The normalized spacial score (nSPS) is 17.5. The lowest BCUT2D eigenvalue weighted by Crippen LogP contribution is -2.41. The molecular formula is C20H17F3N6O5S. The van der Waals surface area contributed by atoms with Crippen molar-refractivity contribution in [2.24, 2.45) is 0 Å². The van der Waals surface area contributed by atoms with Gasteiger partial charge in [-0.3, -0.25) is 14.3 Å². The Balaban J connectivity index is 1.36. The standard InChI is InChI=1S/C20H17F3N6O5S/c21-14-3-1-2-13-18(25-17(30)10-34-19(13)14)20(31)27-5-11-6-29(26-15(11)8-27)35(32,33)12-4-24-28(7-12)9-16(22)23/h1-4,6-7,16,18H,5,8-10H2,(H,25,30)/t18-/m0/s1. The highest BCUT2D eigenvalue weighted by atomic mass is 32.2. The van der Waals surface area contributed by atoms with E-state index in [9.17, 15) is 31.2 Å². The third-order valence-electron chi connectivity index (χ3n) is 5.56. The predicted molar refractivity (Wildman–Crippen MR) is 110 cm³/mol. The molecule has 0 spiro atoms. The first kappa shape index (κ1) is 22.9. The second-order valence-corrected chi connectivity index (χ2v) is 9.71. The van der Waals surface area contributed by atoms with Gasteiger partial charge in [-0.2, -0.15) is 22.7 Å². The number of benzene rings is 1. The molecule has 0 fully saturated rings. The monoisotopic (exact) mass is 510 g/mol. The van der Waals surface area contributed by atoms with Gasteiger partial charge in [0.15, 0.2) is 18.2 Å². The van der Waals surface area contributed by atoms with Crippen molar-refractivity contribution >= 4 is 21.8 Å². The van der Waals surface area contributed by atoms with E-state index in [1.165, 1.54) is 23.2 Å². The van der Waals surface area contributed by atoms with Gasteiger partial charge in [-0.1, -0.05) is 12.1 Å². The van der Waals surface area contributed by atoms with Crippen molar-refractivity contribution in [3.05, 3.63) is 59.4 Å². The minimum Gasteiger partial charge on any atom is -0.480 e. The lowest BCUT2D eigenvalue weighted by Gasteiger charge is -2.23. The first-order chi connectivity index (χ1) is 16.6. The Kier molecular flexibility index (Phi) is 5.50. The van der Waals surface area contributed by atoms with Gasteiger partial charge < -0.3 is 15.0 Å². The second-order valence-electron chi connectivity index (χ2n) is 7.91. The van der Waals surface area contributed by atoms with Gasteiger partial charge in [0, 0.05) is 30.1 Å². The molecule has 1 aromatic carbocycles. The third-order valence-corrected chi connectivity index (χ3v) is 7.04. The maximum atomic E-state index is 14.2. The van der Waals surface area contributed by atoms with E-state index in [0.29, 0.717) is 15.3 Å². The Labute approximate surface area is 196 Å². The zero-order valence-electron chi connectivity index (χ0n) is 17.8. The SMILES string of the molecule is O=C1COc2c(F)cccc2[C@@H](C(=O)N2Cc3cn(S(=O)(=O)c4cnn(CC(F)F)c4)nc3C2)N1. The molecule has 0 aliphatic carbocycles. The molecule has 11 nitrogen and oxygen atoms in total. The van der Waals surface area contributed by atoms with Crippen LogP contribution in [-0.2, 0) is 39.2 Å². The molecule has 0 saturated heterocycles. The maximum absolute atomic E-state index is 14.2. The number of carbonyl (C=O) groups is 2. The fourth-order valence-electron chi connectivity index (χ4n) is 3.93. The fraction of sp³-hybridized carbons (Fsp3) is 0.300. The second kappa shape index (κ2) is 8.41. The van der Waals surface area contributed by atoms with Gasteiger partial charge in [0.05, 0.1) is 18.4 Å². The average molecular weight is 510 g/mol. The van der Waals surface area contributed by atoms with Crippen molar-refractivity contribution in [1.29, 1.82) is 0 Å². The van der Waals surface area contributed by atoms with E-state index >= 15 is 0 Å². The van der Waals surface area contributed by atoms with Crippen molar-refractivity contribution in [3.63, 3.8) is 0 Å². The molecule has 0 radical (unpaired) electrons. The maximum Gasteiger partial charge on any atom is 0.286 e. The minimum atomic E-state index is -4.19. The number of halogens is 3. The highest BCUT2D eigenvalue weighted by Crippen LogP contribution is 2.33. The van der Waals surface area contributed by atoms with E-state index in [1.807, 2.05) is 0 Å². The lowest BCUT2D eigenvalue weighted by atomic mass is 10.0. The Hall–Kier alpha value is -3.88. The van der Waals surface area contributed by atoms with Crippen molar-refractivity contribution < 1.29 is 35.9 Å². The van der Waals surface area contributed by atoms with Crippen molar-refractivity contribution in [2.75, 3.05) is 6.61 Å². The van der Waals surface area contributed by atoms with Crippen LogP contribution >= 0.6 is 0 Å². The molecule has 0 saturated carbocycles. The van der Waals surface area contributed by atoms with Crippen molar-refractivity contribution in [3.8, 4) is 5.75 Å². The summed E-state index contributed by atoms with van der Waals surface area (Å²) in [6.45, 7) is -1.26. The number of fused-ring (bicyclic) bond motifs is 2. The number of hydrogen-bond donors (Lipinski definition) is 1. The van der Waals surface area contributed by atoms with Crippen LogP contribution in [0.2, 0.25) is 0 Å². The minimum absolute atomic E-state index is 0.00773. The number of nitrogens with zero attached hydrogens (tertiary/aromatic N) is 5. The van der Waals surface area contributed by atoms with Gasteiger partial charge in [0.1, 0.15) is 17.5 Å². The highest BCUT2D eigenvalue weighted by Gasteiger charge is 2.37. The smallest absolute Gasteiger partial charge is 0.286 e. The summed E-state index contributed by atoms with van der Waals surface area (Å²) in [5.41, 5.74) is 0.911. The first-order valence-electron chi connectivity index (χ1n) is 10.3. The number of nitrogens with one attached hydrogen (secondary N) is 1. The predicted octanol–water partition coefficient (Wildman–Crippen LogP) is 0.813. The van der Waals surface area contributed by atoms with Crippen LogP contribution in [0, 0.1) is 5.82 Å². The molecule has 15 heteroatoms. The van der Waals surface area contributed by atoms with Gasteiger partial charge in [-0.25, -0.2) is 13.2 Å². The molecule has 184 valence electrons. The van der Waals surface area contributed by atoms with E-state index in [2.05, 4.69) is 15.5 Å². The third kappa shape index (κ3) is 4.11. The molecule has 3 aromatic rings. The zero-order chi connectivity index (χ0) is 24.9. The number of carbonyl (C=O) groups excluding carboxylic acids is 2. The van der Waals surface area contributed by atoms with Crippen LogP contribution in [-0.4, -0.2) is 57.1 Å². The average Bonchev–Trinajstić information content (AvgIpc) is 3.48. The molecule has 2 aliphatic heterocycles. The molecule has 2 amide bonds. The summed E-state index contributed by atoms with van der Waals surface area (Å²) < 4.78 is 71.7. The molecule has 5 rings (SSSR count). The Bertz CT molecular complexity index is 1410. The number of hydrogen-bond acceptors (Lipinski definition) is 7. The number of rotatable bonds is 5. The van der Waals surface area contributed by atoms with E-state index in [1.54, 1.807) is 0 Å². The van der Waals surface area contributed by atoms with Gasteiger partial charge in [-0.05, 0) is 6.07 Å². The Morgan fingerprint density at radius 1 is 1.26 bits per heavy atom. The van der Waals surface area contributed by atoms with E-state index in [4.69, 9.17) is 4.74 Å². The Morgan fingerprint density at radius 2 is 2.06 bits per heavy atom. The van der Waals surface area contributed by atoms with Crippen molar-refractivity contribution in [2.45, 2.75) is 37.0 Å². The van der Waals surface area contributed by atoms with Gasteiger partial charge in [0.2, 0.25) is 0 Å². The molecular weight excluding hydrogens is 493 g/mol. The lowest BCUT2D eigenvalue weighted by molar-refractivity contribution is -0.137. The fourth-order valence-corrected chi connectivity index (χ4v) is 5.06. The highest BCUT2D eigenvalue weighted by molar-refractivity contribution is 7.89. The topological polar surface area (TPSA) is 128 Å². The zero-order valence-corrected chi connectivity index (χ0v) is 18.6. The van der Waals surface area contributed by atoms with Crippen LogP contribution in [0.3, 0.4) is 0 Å². The summed E-state index contributed by atoms with van der Waals surface area (Å²) in [6.07, 6.45) is 0.464. The molecule has 4 heterocycles. The molecule has 2 aromatic heterocycles. The number of aromatic nitrogens is 4. The molecule has 0 bridgehead atoms. The van der Waals surface area contributed by atoms with Crippen LogP contribution in [0.4, 0.5) is 13.2 Å². The van der Waals surface area contributed by atoms with Crippen LogP contribution in [0.1, 0.15) is 22.9 Å². The van der Waals surface area contributed by atoms with Crippen LogP contribution in [0.25, 0.3) is 0 Å². The summed E-state index contributed by atoms with van der Waals surface area (Å²) >= 11 is 0. The van der Waals surface area contributed by atoms with E-state index in [-0.39, 0.29) is 29.3 Å². The number of amides is 2. The summed E-state index contributed by atoms with van der Waals surface area (Å²) in [4.78, 5) is 26.3. The summed E-state index contributed by atoms with van der Waals surface area (Å²) in [5.74, 6) is -2.04. The molecule has 1 atom stereocenters. The summed E-state index contributed by atoms with van der Waals surface area (Å²) in [5, 5.41) is 10.2. The Morgan fingerprint density at radius 3 is 2.80 bits per heavy atom. The van der Waals surface area contributed by atoms with Gasteiger partial charge in [-0.15, -0.1) is 0 Å². The molecule has 0 unspecified atom stereocenters. The number of alkyl halides is 2. The van der Waals surface area contributed by atoms with Crippen LogP contribution < -0.4 is 10.1 Å². The number of para-hydroxylation sites is 1. The number of ether oxygens (including phenoxy) is 1. The first-order valence-corrected chi connectivity index (χ1v) is 11.7. The van der Waals surface area contributed by atoms with Crippen LogP contribution in [0.5, 0.6) is 5.75 Å². The van der Waals surface area contributed by atoms with Gasteiger partial charge in [0.25, 0.3) is 28.3 Å². The van der Waals surface area contributed by atoms with E-state index < -0.39 is 53.3 Å². The largest absolute Gasteiger partial charge is 0.480 e. The van der Waals surface area contributed by atoms with E-state index in [0.717, 1.165) is 23.1 Å². The van der Waals surface area contributed by atoms with Crippen LogP contribution in [0.15, 0.2) is 41.7 Å². The summed E-state index contributed by atoms with van der Waals surface area (Å²) in [7, 11) is -4.19. The van der Waals surface area contributed by atoms with Gasteiger partial charge >= 0.3 is 0 Å². The quantitative estimate of drug-likeness (QED) is 0.538. The molecule has 2 aliphatic rings. The molecule has 1 N–H and O–H groups in total.